The minimum atomic E-state index is -1.14. The largest absolute Gasteiger partial charge is 0.480 e. The highest BCUT2D eigenvalue weighted by Crippen LogP contribution is 2.12. The molecule has 108 valence electrons. The molecule has 1 atom stereocenters. The number of benzene rings is 1. The Hall–Kier alpha value is -2.41. The van der Waals surface area contributed by atoms with Crippen LogP contribution in [0.5, 0.6) is 0 Å². The van der Waals surface area contributed by atoms with Gasteiger partial charge in [0.1, 0.15) is 6.54 Å². The minimum absolute atomic E-state index is 0.0518. The van der Waals surface area contributed by atoms with Crippen molar-refractivity contribution in [3.8, 4) is 0 Å². The maximum atomic E-state index is 11.6. The molecular weight excluding hydrogens is 262 g/mol. The summed E-state index contributed by atoms with van der Waals surface area (Å²) in [4.78, 5) is 33.0. The molecule has 0 spiro atoms. The summed E-state index contributed by atoms with van der Waals surface area (Å²) in [7, 11) is 0. The van der Waals surface area contributed by atoms with Gasteiger partial charge in [0, 0.05) is 12.5 Å². The molecule has 0 aliphatic heterocycles. The van der Waals surface area contributed by atoms with Crippen molar-refractivity contribution in [3.63, 3.8) is 0 Å². The lowest BCUT2D eigenvalue weighted by molar-refractivity contribution is -0.137. The number of amides is 2. The minimum Gasteiger partial charge on any atom is -0.480 e. The van der Waals surface area contributed by atoms with Crippen LogP contribution in [-0.4, -0.2) is 36.0 Å². The van der Waals surface area contributed by atoms with Gasteiger partial charge in [-0.2, -0.15) is 0 Å². The van der Waals surface area contributed by atoms with Crippen molar-refractivity contribution in [2.75, 3.05) is 13.1 Å². The number of carboxylic acids is 1. The van der Waals surface area contributed by atoms with Gasteiger partial charge >= 0.3 is 5.97 Å². The summed E-state index contributed by atoms with van der Waals surface area (Å²) in [6.45, 7) is -0.744. The van der Waals surface area contributed by atoms with Gasteiger partial charge in [0.15, 0.2) is 0 Å². The van der Waals surface area contributed by atoms with Crippen LogP contribution in [0.1, 0.15) is 18.0 Å². The lowest BCUT2D eigenvalue weighted by Gasteiger charge is -2.11. The van der Waals surface area contributed by atoms with Crippen LogP contribution in [0.3, 0.4) is 0 Å². The highest BCUT2D eigenvalue weighted by Gasteiger charge is 2.12. The predicted molar refractivity (Wildman–Crippen MR) is 71.6 cm³/mol. The zero-order chi connectivity index (χ0) is 15.0. The maximum Gasteiger partial charge on any atom is 0.322 e. The third-order valence-corrected chi connectivity index (χ3v) is 2.52. The number of carbonyl (C=O) groups excluding carboxylic acids is 2. The van der Waals surface area contributed by atoms with Crippen LogP contribution >= 0.6 is 0 Å². The van der Waals surface area contributed by atoms with E-state index in [9.17, 15) is 14.4 Å². The number of rotatable bonds is 7. The highest BCUT2D eigenvalue weighted by atomic mass is 16.4. The van der Waals surface area contributed by atoms with E-state index >= 15 is 0 Å². The fourth-order valence-corrected chi connectivity index (χ4v) is 1.51. The van der Waals surface area contributed by atoms with E-state index in [0.717, 1.165) is 5.56 Å². The van der Waals surface area contributed by atoms with Gasteiger partial charge in [0.25, 0.3) is 0 Å². The highest BCUT2D eigenvalue weighted by molar-refractivity contribution is 5.86. The van der Waals surface area contributed by atoms with Crippen molar-refractivity contribution in [1.29, 1.82) is 0 Å². The fourth-order valence-electron chi connectivity index (χ4n) is 1.51. The van der Waals surface area contributed by atoms with Gasteiger partial charge in [0.2, 0.25) is 11.8 Å². The van der Waals surface area contributed by atoms with Gasteiger partial charge in [-0.1, -0.05) is 30.3 Å². The topological polar surface area (TPSA) is 122 Å². The first-order chi connectivity index (χ1) is 9.49. The van der Waals surface area contributed by atoms with E-state index in [0.29, 0.717) is 0 Å². The Morgan fingerprint density at radius 3 is 2.25 bits per heavy atom. The van der Waals surface area contributed by atoms with Gasteiger partial charge in [-0.05, 0) is 5.56 Å². The molecule has 7 nitrogen and oxygen atoms in total. The van der Waals surface area contributed by atoms with Crippen LogP contribution in [-0.2, 0) is 14.4 Å². The Kier molecular flexibility index (Phi) is 6.18. The molecule has 0 saturated heterocycles. The second kappa shape index (κ2) is 7.90. The van der Waals surface area contributed by atoms with Crippen LogP contribution in [0.15, 0.2) is 30.3 Å². The van der Waals surface area contributed by atoms with Gasteiger partial charge in [-0.25, -0.2) is 0 Å². The summed E-state index contributed by atoms with van der Waals surface area (Å²) in [6, 6.07) is 8.69. The van der Waals surface area contributed by atoms with E-state index < -0.39 is 24.5 Å². The van der Waals surface area contributed by atoms with E-state index in [1.807, 2.05) is 30.3 Å². The van der Waals surface area contributed by atoms with E-state index in [-0.39, 0.29) is 18.9 Å². The zero-order valence-corrected chi connectivity index (χ0v) is 10.8. The number of carboxylic acid groups (broad SMARTS) is 1. The summed E-state index contributed by atoms with van der Waals surface area (Å²) in [5.41, 5.74) is 6.69. The molecule has 0 radical (unpaired) electrons. The molecule has 0 fully saturated rings. The second-order valence-electron chi connectivity index (χ2n) is 4.17. The normalized spacial score (nSPS) is 11.4. The van der Waals surface area contributed by atoms with Gasteiger partial charge < -0.3 is 21.5 Å². The summed E-state index contributed by atoms with van der Waals surface area (Å²) < 4.78 is 0. The molecule has 20 heavy (non-hydrogen) atoms. The molecule has 0 heterocycles. The third kappa shape index (κ3) is 5.96. The van der Waals surface area contributed by atoms with Crippen molar-refractivity contribution in [1.82, 2.24) is 10.6 Å². The standard InChI is InChI=1S/C13H17N3O4/c14-10(9-4-2-1-3-5-9)6-11(17)15-7-12(18)16-8-13(19)20/h1-5,10H,6-8,14H2,(H,15,17)(H,16,18)(H,19,20). The first-order valence-electron chi connectivity index (χ1n) is 6.04. The molecule has 1 aromatic carbocycles. The van der Waals surface area contributed by atoms with E-state index in [1.54, 1.807) is 0 Å². The molecule has 0 aliphatic carbocycles. The molecule has 1 aromatic rings. The fraction of sp³-hybridized carbons (Fsp3) is 0.308. The molecule has 1 unspecified atom stereocenters. The Bertz CT molecular complexity index is 476. The van der Waals surface area contributed by atoms with Crippen molar-refractivity contribution in [2.24, 2.45) is 5.73 Å². The van der Waals surface area contributed by atoms with Crippen molar-refractivity contribution in [2.45, 2.75) is 12.5 Å². The van der Waals surface area contributed by atoms with Gasteiger partial charge in [-0.15, -0.1) is 0 Å². The molecule has 2 amide bonds. The predicted octanol–water partition coefficient (Wildman–Crippen LogP) is -0.606. The van der Waals surface area contributed by atoms with Crippen LogP contribution in [0.25, 0.3) is 0 Å². The van der Waals surface area contributed by atoms with Crippen LogP contribution < -0.4 is 16.4 Å². The Labute approximate surface area is 116 Å². The van der Waals surface area contributed by atoms with E-state index in [2.05, 4.69) is 10.6 Å². The SMILES string of the molecule is NC(CC(=O)NCC(=O)NCC(=O)O)c1ccccc1. The summed E-state index contributed by atoms with van der Waals surface area (Å²) >= 11 is 0. The summed E-state index contributed by atoms with van der Waals surface area (Å²) in [6.07, 6.45) is 0.0518. The number of nitrogens with two attached hydrogens (primary N) is 1. The summed E-state index contributed by atoms with van der Waals surface area (Å²) in [5, 5.41) is 12.9. The Morgan fingerprint density at radius 1 is 1.05 bits per heavy atom. The van der Waals surface area contributed by atoms with E-state index in [1.165, 1.54) is 0 Å². The number of carbonyl (C=O) groups is 3. The van der Waals surface area contributed by atoms with E-state index in [4.69, 9.17) is 10.8 Å². The van der Waals surface area contributed by atoms with Crippen molar-refractivity contribution < 1.29 is 19.5 Å². The lowest BCUT2D eigenvalue weighted by Crippen LogP contribution is -2.39. The molecular formula is C13H17N3O4. The average molecular weight is 279 g/mol. The third-order valence-electron chi connectivity index (χ3n) is 2.52. The number of aliphatic carboxylic acids is 1. The van der Waals surface area contributed by atoms with Gasteiger partial charge in [-0.3, -0.25) is 14.4 Å². The number of nitrogens with one attached hydrogen (secondary N) is 2. The molecule has 1 rings (SSSR count). The van der Waals surface area contributed by atoms with Crippen LogP contribution in [0, 0.1) is 0 Å². The number of hydrogen-bond acceptors (Lipinski definition) is 4. The molecule has 0 aromatic heterocycles. The van der Waals surface area contributed by atoms with Crippen molar-refractivity contribution in [3.05, 3.63) is 35.9 Å². The van der Waals surface area contributed by atoms with Crippen molar-refractivity contribution >= 4 is 17.8 Å². The first kappa shape index (κ1) is 15.6. The first-order valence-corrected chi connectivity index (χ1v) is 6.04. The number of hydrogen-bond donors (Lipinski definition) is 4. The quantitative estimate of drug-likeness (QED) is 0.530. The molecule has 7 heteroatoms. The smallest absolute Gasteiger partial charge is 0.322 e. The maximum absolute atomic E-state index is 11.6. The van der Waals surface area contributed by atoms with Crippen LogP contribution in [0.2, 0.25) is 0 Å². The monoisotopic (exact) mass is 279 g/mol. The average Bonchev–Trinajstić information content (AvgIpc) is 2.43. The Morgan fingerprint density at radius 2 is 1.65 bits per heavy atom. The molecule has 0 aliphatic rings. The molecule has 5 N–H and O–H groups in total. The molecule has 0 saturated carbocycles. The van der Waals surface area contributed by atoms with Gasteiger partial charge in [0.05, 0.1) is 6.54 Å². The molecule has 0 bridgehead atoms. The lowest BCUT2D eigenvalue weighted by atomic mass is 10.0. The summed E-state index contributed by atoms with van der Waals surface area (Å²) in [5.74, 6) is -2.07. The zero-order valence-electron chi connectivity index (χ0n) is 10.8. The van der Waals surface area contributed by atoms with Crippen LogP contribution in [0.4, 0.5) is 0 Å². The second-order valence-corrected chi connectivity index (χ2v) is 4.17. The Balaban J connectivity index is 2.30.